The number of unbranched alkanes of at least 4 members (excludes halogenated alkanes) is 1. The van der Waals surface area contributed by atoms with Gasteiger partial charge in [0.15, 0.2) is 0 Å². The molecule has 0 rings (SSSR count). The minimum absolute atomic E-state index is 0.124. The van der Waals surface area contributed by atoms with Crippen molar-refractivity contribution in [1.29, 1.82) is 5.26 Å². The van der Waals surface area contributed by atoms with Gasteiger partial charge in [-0.25, -0.2) is 0 Å². The number of aliphatic hydroxyl groups excluding tert-OH is 1. The molecule has 0 saturated carbocycles. The highest BCUT2D eigenvalue weighted by molar-refractivity contribution is 6.22. The second-order valence-corrected chi connectivity index (χ2v) is 3.50. The summed E-state index contributed by atoms with van der Waals surface area (Å²) in [6, 6.07) is 1.97. The van der Waals surface area contributed by atoms with E-state index < -0.39 is 5.38 Å². The van der Waals surface area contributed by atoms with E-state index in [1.165, 1.54) is 0 Å². The highest BCUT2D eigenvalue weighted by atomic mass is 35.5. The number of nitrogens with zero attached hydrogens (tertiary/aromatic N) is 2. The van der Waals surface area contributed by atoms with Crippen LogP contribution in [0.5, 0.6) is 0 Å². The minimum Gasteiger partial charge on any atom is -0.395 e. The van der Waals surface area contributed by atoms with Crippen molar-refractivity contribution in [3.8, 4) is 6.07 Å². The molecule has 1 atom stereocenters. The van der Waals surface area contributed by atoms with Crippen molar-refractivity contribution in [1.82, 2.24) is 4.90 Å². The maximum absolute atomic E-state index is 8.75. The summed E-state index contributed by atoms with van der Waals surface area (Å²) >= 11 is 5.69. The quantitative estimate of drug-likeness (QED) is 0.635. The van der Waals surface area contributed by atoms with Gasteiger partial charge in [0.25, 0.3) is 0 Å². The minimum atomic E-state index is -0.469. The second kappa shape index (κ2) is 8.31. The Hall–Kier alpha value is -0.300. The second-order valence-electron chi connectivity index (χ2n) is 2.97. The SMILES string of the molecule is CCCCN(CCO)CC(Cl)C#N. The smallest absolute Gasteiger partial charge is 0.133 e. The van der Waals surface area contributed by atoms with Gasteiger partial charge in [0, 0.05) is 13.1 Å². The van der Waals surface area contributed by atoms with Crippen molar-refractivity contribution in [3.63, 3.8) is 0 Å². The van der Waals surface area contributed by atoms with Gasteiger partial charge >= 0.3 is 0 Å². The first-order valence-electron chi connectivity index (χ1n) is 4.61. The third-order valence-corrected chi connectivity index (χ3v) is 2.04. The Balaban J connectivity index is 3.73. The molecule has 4 heteroatoms. The lowest BCUT2D eigenvalue weighted by molar-refractivity contribution is 0.197. The molecular weight excluding hydrogens is 188 g/mol. The maximum Gasteiger partial charge on any atom is 0.133 e. The summed E-state index contributed by atoms with van der Waals surface area (Å²) in [5.74, 6) is 0. The largest absolute Gasteiger partial charge is 0.395 e. The Kier molecular flexibility index (Phi) is 8.11. The van der Waals surface area contributed by atoms with Gasteiger partial charge < -0.3 is 5.11 Å². The molecule has 1 N–H and O–H groups in total. The fourth-order valence-electron chi connectivity index (χ4n) is 1.09. The maximum atomic E-state index is 8.75. The van der Waals surface area contributed by atoms with E-state index in [0.29, 0.717) is 13.1 Å². The topological polar surface area (TPSA) is 47.3 Å². The highest BCUT2D eigenvalue weighted by Crippen LogP contribution is 2.01. The predicted octanol–water partition coefficient (Wildman–Crippen LogP) is 1.21. The Morgan fingerprint density at radius 1 is 1.54 bits per heavy atom. The molecule has 0 fully saturated rings. The zero-order valence-electron chi connectivity index (χ0n) is 8.04. The Labute approximate surface area is 84.9 Å². The first-order chi connectivity index (χ1) is 6.24. The Morgan fingerprint density at radius 2 is 2.23 bits per heavy atom. The predicted molar refractivity (Wildman–Crippen MR) is 53.7 cm³/mol. The normalized spacial score (nSPS) is 12.8. The van der Waals surface area contributed by atoms with Crippen LogP contribution in [0, 0.1) is 11.3 Å². The molecule has 0 amide bonds. The average molecular weight is 205 g/mol. The molecule has 0 aromatic carbocycles. The monoisotopic (exact) mass is 204 g/mol. The van der Waals surface area contributed by atoms with Gasteiger partial charge in [-0.1, -0.05) is 13.3 Å². The molecular formula is C9H17ClN2O. The van der Waals surface area contributed by atoms with E-state index in [0.717, 1.165) is 19.4 Å². The molecule has 0 aromatic rings. The molecule has 0 aliphatic heterocycles. The van der Waals surface area contributed by atoms with Crippen LogP contribution >= 0.6 is 11.6 Å². The molecule has 76 valence electrons. The van der Waals surface area contributed by atoms with Gasteiger partial charge in [-0.3, -0.25) is 4.90 Å². The van der Waals surface area contributed by atoms with E-state index in [-0.39, 0.29) is 6.61 Å². The van der Waals surface area contributed by atoms with Crippen LogP contribution in [0.1, 0.15) is 19.8 Å². The van der Waals surface area contributed by atoms with Gasteiger partial charge in [-0.15, -0.1) is 11.6 Å². The molecule has 0 saturated heterocycles. The summed E-state index contributed by atoms with van der Waals surface area (Å²) in [5.41, 5.74) is 0. The first-order valence-corrected chi connectivity index (χ1v) is 5.05. The molecule has 13 heavy (non-hydrogen) atoms. The van der Waals surface area contributed by atoms with E-state index in [1.807, 2.05) is 11.0 Å². The van der Waals surface area contributed by atoms with Crippen LogP contribution in [0.3, 0.4) is 0 Å². The number of aliphatic hydroxyl groups is 1. The molecule has 0 aromatic heterocycles. The first kappa shape index (κ1) is 12.7. The molecule has 0 aliphatic carbocycles. The molecule has 0 heterocycles. The summed E-state index contributed by atoms with van der Waals surface area (Å²) < 4.78 is 0. The summed E-state index contributed by atoms with van der Waals surface area (Å²) in [6.07, 6.45) is 2.19. The third-order valence-electron chi connectivity index (χ3n) is 1.80. The Morgan fingerprint density at radius 3 is 2.69 bits per heavy atom. The standard InChI is InChI=1S/C9H17ClN2O/c1-2-3-4-12(5-6-13)8-9(10)7-11/h9,13H,2-6,8H2,1H3. The number of hydrogen-bond donors (Lipinski definition) is 1. The lowest BCUT2D eigenvalue weighted by Gasteiger charge is -2.20. The third kappa shape index (κ3) is 6.83. The average Bonchev–Trinajstić information content (AvgIpc) is 2.14. The molecule has 0 spiro atoms. The van der Waals surface area contributed by atoms with Crippen molar-refractivity contribution in [2.75, 3.05) is 26.2 Å². The van der Waals surface area contributed by atoms with Crippen LogP contribution < -0.4 is 0 Å². The van der Waals surface area contributed by atoms with Crippen LogP contribution in [0.25, 0.3) is 0 Å². The van der Waals surface area contributed by atoms with Gasteiger partial charge in [0.1, 0.15) is 5.38 Å². The number of alkyl halides is 1. The van der Waals surface area contributed by atoms with Crippen LogP contribution in [0.2, 0.25) is 0 Å². The molecule has 0 radical (unpaired) electrons. The van der Waals surface area contributed by atoms with Crippen LogP contribution in [-0.2, 0) is 0 Å². The summed E-state index contributed by atoms with van der Waals surface area (Å²) in [6.45, 7) is 4.28. The van der Waals surface area contributed by atoms with E-state index in [4.69, 9.17) is 22.0 Å². The number of hydrogen-bond acceptors (Lipinski definition) is 3. The number of nitriles is 1. The van der Waals surface area contributed by atoms with Gasteiger partial charge in [0.2, 0.25) is 0 Å². The van der Waals surface area contributed by atoms with Gasteiger partial charge in [-0.05, 0) is 13.0 Å². The number of halogens is 1. The fourth-order valence-corrected chi connectivity index (χ4v) is 1.28. The fraction of sp³-hybridized carbons (Fsp3) is 0.889. The van der Waals surface area contributed by atoms with Crippen molar-refractivity contribution >= 4 is 11.6 Å². The van der Waals surface area contributed by atoms with E-state index >= 15 is 0 Å². The molecule has 1 unspecified atom stereocenters. The van der Waals surface area contributed by atoms with E-state index in [1.54, 1.807) is 0 Å². The summed E-state index contributed by atoms with van der Waals surface area (Å²) in [5, 5.41) is 16.8. The van der Waals surface area contributed by atoms with Crippen molar-refractivity contribution in [2.24, 2.45) is 0 Å². The van der Waals surface area contributed by atoms with Crippen LogP contribution in [-0.4, -0.2) is 41.6 Å². The lowest BCUT2D eigenvalue weighted by atomic mass is 10.3. The zero-order chi connectivity index (χ0) is 10.1. The summed E-state index contributed by atoms with van der Waals surface area (Å²) in [7, 11) is 0. The molecule has 0 aliphatic rings. The number of rotatable bonds is 7. The van der Waals surface area contributed by atoms with Gasteiger partial charge in [-0.2, -0.15) is 5.26 Å². The Bertz CT molecular complexity index is 158. The van der Waals surface area contributed by atoms with Gasteiger partial charge in [0.05, 0.1) is 12.7 Å². The van der Waals surface area contributed by atoms with Crippen molar-refractivity contribution in [2.45, 2.75) is 25.1 Å². The zero-order valence-corrected chi connectivity index (χ0v) is 8.80. The summed E-state index contributed by atoms with van der Waals surface area (Å²) in [4.78, 5) is 2.02. The van der Waals surface area contributed by atoms with Crippen molar-refractivity contribution in [3.05, 3.63) is 0 Å². The highest BCUT2D eigenvalue weighted by Gasteiger charge is 2.09. The van der Waals surface area contributed by atoms with E-state index in [9.17, 15) is 0 Å². The van der Waals surface area contributed by atoms with E-state index in [2.05, 4.69) is 6.92 Å². The van der Waals surface area contributed by atoms with Crippen molar-refractivity contribution < 1.29 is 5.11 Å². The molecule has 0 bridgehead atoms. The van der Waals surface area contributed by atoms with Crippen LogP contribution in [0.4, 0.5) is 0 Å². The molecule has 3 nitrogen and oxygen atoms in total. The van der Waals surface area contributed by atoms with Crippen LogP contribution in [0.15, 0.2) is 0 Å². The lowest BCUT2D eigenvalue weighted by Crippen LogP contribution is -2.33.